The topological polar surface area (TPSA) is 56.7 Å². The molecule has 0 unspecified atom stereocenters. The Morgan fingerprint density at radius 2 is 1.89 bits per heavy atom. The highest BCUT2D eigenvalue weighted by Gasteiger charge is 2.17. The highest BCUT2D eigenvalue weighted by molar-refractivity contribution is 7.99. The Kier molecular flexibility index (Phi) is 5.34. The first-order valence-electron chi connectivity index (χ1n) is 8.85. The lowest BCUT2D eigenvalue weighted by Crippen LogP contribution is -2.04. The van der Waals surface area contributed by atoms with Crippen molar-refractivity contribution < 1.29 is 4.42 Å². The van der Waals surface area contributed by atoms with Crippen LogP contribution in [0.5, 0.6) is 0 Å². The Balaban J connectivity index is 1.60. The fraction of sp³-hybridized carbons (Fsp3) is 0.190. The third-order valence-corrected chi connectivity index (χ3v) is 5.28. The van der Waals surface area contributed by atoms with E-state index in [-0.39, 0.29) is 0 Å². The number of rotatable bonds is 7. The minimum atomic E-state index is 0.607. The Morgan fingerprint density at radius 3 is 2.67 bits per heavy atom. The molecule has 136 valence electrons. The van der Waals surface area contributed by atoms with Gasteiger partial charge in [0.05, 0.1) is 12.8 Å². The molecule has 0 radical (unpaired) electrons. The normalized spacial score (nSPS) is 11.0. The molecule has 0 spiro atoms. The van der Waals surface area contributed by atoms with Gasteiger partial charge < -0.3 is 4.42 Å². The summed E-state index contributed by atoms with van der Waals surface area (Å²) in [5.74, 6) is 2.64. The molecule has 0 saturated carbocycles. The maximum absolute atomic E-state index is 5.56. The van der Waals surface area contributed by atoms with Crippen LogP contribution in [0.2, 0.25) is 0 Å². The average molecular weight is 376 g/mol. The zero-order valence-corrected chi connectivity index (χ0v) is 15.9. The lowest BCUT2D eigenvalue weighted by Gasteiger charge is -2.10. The van der Waals surface area contributed by atoms with Crippen LogP contribution in [0, 0.1) is 6.92 Å². The van der Waals surface area contributed by atoms with Crippen molar-refractivity contribution in [2.45, 2.75) is 25.0 Å². The van der Waals surface area contributed by atoms with E-state index in [2.05, 4.69) is 38.8 Å². The molecule has 4 rings (SSSR count). The number of hydrogen-bond donors (Lipinski definition) is 0. The first kappa shape index (κ1) is 17.5. The summed E-state index contributed by atoms with van der Waals surface area (Å²) < 4.78 is 7.69. The van der Waals surface area contributed by atoms with Crippen molar-refractivity contribution in [2.24, 2.45) is 0 Å². The zero-order chi connectivity index (χ0) is 18.5. The number of aryl methyl sites for hydroxylation is 2. The Hall–Kier alpha value is -2.86. The summed E-state index contributed by atoms with van der Waals surface area (Å²) in [6.07, 6.45) is 4.41. The second kappa shape index (κ2) is 8.22. The number of thioether (sulfide) groups is 1. The minimum Gasteiger partial charge on any atom is -0.467 e. The van der Waals surface area contributed by atoms with Gasteiger partial charge in [-0.2, -0.15) is 0 Å². The van der Waals surface area contributed by atoms with Gasteiger partial charge >= 0.3 is 0 Å². The van der Waals surface area contributed by atoms with E-state index in [9.17, 15) is 0 Å². The lowest BCUT2D eigenvalue weighted by molar-refractivity contribution is 0.485. The Morgan fingerprint density at radius 1 is 1.00 bits per heavy atom. The molecular formula is C21H20N4OS. The van der Waals surface area contributed by atoms with Crippen LogP contribution in [0.1, 0.15) is 17.0 Å². The molecule has 0 N–H and O–H groups in total. The van der Waals surface area contributed by atoms with Gasteiger partial charge in [-0.3, -0.25) is 9.55 Å². The molecule has 0 atom stereocenters. The van der Waals surface area contributed by atoms with Gasteiger partial charge in [0.15, 0.2) is 11.0 Å². The third kappa shape index (κ3) is 4.11. The van der Waals surface area contributed by atoms with Crippen LogP contribution in [0.25, 0.3) is 11.4 Å². The molecule has 0 amide bonds. The molecule has 5 nitrogen and oxygen atoms in total. The monoisotopic (exact) mass is 376 g/mol. The lowest BCUT2D eigenvalue weighted by atomic mass is 10.1. The van der Waals surface area contributed by atoms with E-state index < -0.39 is 0 Å². The summed E-state index contributed by atoms with van der Waals surface area (Å²) in [5, 5.41) is 9.84. The van der Waals surface area contributed by atoms with Crippen molar-refractivity contribution in [2.75, 3.05) is 5.75 Å². The van der Waals surface area contributed by atoms with E-state index in [4.69, 9.17) is 4.42 Å². The van der Waals surface area contributed by atoms with E-state index in [1.165, 1.54) is 5.56 Å². The Labute approximate surface area is 162 Å². The molecule has 0 saturated heterocycles. The summed E-state index contributed by atoms with van der Waals surface area (Å²) in [6, 6.07) is 18.1. The van der Waals surface area contributed by atoms with Crippen molar-refractivity contribution >= 4 is 11.8 Å². The van der Waals surface area contributed by atoms with Crippen LogP contribution in [-0.4, -0.2) is 25.5 Å². The van der Waals surface area contributed by atoms with Gasteiger partial charge in [-0.15, -0.1) is 10.2 Å². The van der Waals surface area contributed by atoms with Gasteiger partial charge in [-0.25, -0.2) is 0 Å². The van der Waals surface area contributed by atoms with E-state index in [1.807, 2.05) is 48.7 Å². The number of aromatic nitrogens is 4. The molecule has 0 fully saturated rings. The molecule has 4 aromatic rings. The molecule has 0 bridgehead atoms. The highest BCUT2D eigenvalue weighted by atomic mass is 32.2. The molecule has 27 heavy (non-hydrogen) atoms. The number of hydrogen-bond acceptors (Lipinski definition) is 5. The maximum Gasteiger partial charge on any atom is 0.191 e. The van der Waals surface area contributed by atoms with Crippen LogP contribution < -0.4 is 0 Å². The second-order valence-corrected chi connectivity index (χ2v) is 7.27. The van der Waals surface area contributed by atoms with Crippen LogP contribution >= 0.6 is 11.8 Å². The standard InChI is InChI=1S/C21H20N4OS/c1-16-7-2-3-10-19(16)20-23-24-21(25(20)15-18-9-6-13-26-18)27-14-11-17-8-4-5-12-22-17/h2-10,12-13H,11,14-15H2,1H3. The average Bonchev–Trinajstić information content (AvgIpc) is 3.34. The molecule has 0 aliphatic heterocycles. The largest absolute Gasteiger partial charge is 0.467 e. The molecule has 1 aromatic carbocycles. The number of nitrogens with zero attached hydrogens (tertiary/aromatic N) is 4. The van der Waals surface area contributed by atoms with Gasteiger partial charge in [0, 0.05) is 23.2 Å². The molecule has 0 aliphatic rings. The predicted octanol–water partition coefficient (Wildman–Crippen LogP) is 4.62. The first-order valence-corrected chi connectivity index (χ1v) is 9.84. The van der Waals surface area contributed by atoms with Crippen molar-refractivity contribution in [3.63, 3.8) is 0 Å². The zero-order valence-electron chi connectivity index (χ0n) is 15.1. The fourth-order valence-electron chi connectivity index (χ4n) is 2.91. The summed E-state index contributed by atoms with van der Waals surface area (Å²) >= 11 is 1.69. The number of benzene rings is 1. The molecular weight excluding hydrogens is 356 g/mol. The van der Waals surface area contributed by atoms with E-state index in [0.717, 1.165) is 40.2 Å². The van der Waals surface area contributed by atoms with Crippen molar-refractivity contribution in [1.29, 1.82) is 0 Å². The van der Waals surface area contributed by atoms with Crippen molar-refractivity contribution in [1.82, 2.24) is 19.7 Å². The van der Waals surface area contributed by atoms with Gasteiger partial charge in [0.25, 0.3) is 0 Å². The van der Waals surface area contributed by atoms with Crippen LogP contribution in [0.4, 0.5) is 0 Å². The smallest absolute Gasteiger partial charge is 0.191 e. The summed E-state index contributed by atoms with van der Waals surface area (Å²) in [6.45, 7) is 2.70. The molecule has 3 aromatic heterocycles. The van der Waals surface area contributed by atoms with Gasteiger partial charge in [-0.05, 0) is 43.2 Å². The summed E-state index contributed by atoms with van der Waals surface area (Å²) in [4.78, 5) is 4.39. The number of furan rings is 1. The van der Waals surface area contributed by atoms with Gasteiger partial charge in [0.2, 0.25) is 0 Å². The van der Waals surface area contributed by atoms with Crippen LogP contribution in [0.3, 0.4) is 0 Å². The third-order valence-electron chi connectivity index (χ3n) is 4.31. The van der Waals surface area contributed by atoms with E-state index in [0.29, 0.717) is 6.54 Å². The van der Waals surface area contributed by atoms with Crippen LogP contribution in [0.15, 0.2) is 76.6 Å². The van der Waals surface area contributed by atoms with E-state index >= 15 is 0 Å². The number of pyridine rings is 1. The fourth-order valence-corrected chi connectivity index (χ4v) is 3.81. The quantitative estimate of drug-likeness (QED) is 0.440. The molecule has 0 aliphatic carbocycles. The highest BCUT2D eigenvalue weighted by Crippen LogP contribution is 2.27. The Bertz CT molecular complexity index is 996. The summed E-state index contributed by atoms with van der Waals surface area (Å²) in [5.41, 5.74) is 3.35. The van der Waals surface area contributed by atoms with Gasteiger partial charge in [-0.1, -0.05) is 42.1 Å². The first-order chi connectivity index (χ1) is 13.3. The maximum atomic E-state index is 5.56. The minimum absolute atomic E-state index is 0.607. The van der Waals surface area contributed by atoms with Crippen molar-refractivity contribution in [3.05, 3.63) is 84.1 Å². The SMILES string of the molecule is Cc1ccccc1-c1nnc(SCCc2ccccn2)n1Cc1ccco1. The van der Waals surface area contributed by atoms with Crippen molar-refractivity contribution in [3.8, 4) is 11.4 Å². The van der Waals surface area contributed by atoms with E-state index in [1.54, 1.807) is 18.0 Å². The second-order valence-electron chi connectivity index (χ2n) is 6.21. The molecule has 3 heterocycles. The predicted molar refractivity (Wildman–Crippen MR) is 107 cm³/mol. The molecule has 6 heteroatoms. The summed E-state index contributed by atoms with van der Waals surface area (Å²) in [7, 11) is 0. The van der Waals surface area contributed by atoms with Crippen LogP contribution in [-0.2, 0) is 13.0 Å². The van der Waals surface area contributed by atoms with Gasteiger partial charge in [0.1, 0.15) is 5.76 Å².